The van der Waals surface area contributed by atoms with Gasteiger partial charge in [0.1, 0.15) is 5.69 Å². The minimum absolute atomic E-state index is 0.0625. The molecule has 2 heterocycles. The quantitative estimate of drug-likeness (QED) is 0.892. The van der Waals surface area contributed by atoms with Crippen LogP contribution in [0, 0.1) is 6.92 Å². The fourth-order valence-electron chi connectivity index (χ4n) is 2.84. The van der Waals surface area contributed by atoms with Gasteiger partial charge in [0.15, 0.2) is 0 Å². The molecule has 1 aromatic heterocycles. The summed E-state index contributed by atoms with van der Waals surface area (Å²) in [5, 5.41) is 10.0. The van der Waals surface area contributed by atoms with E-state index in [1.54, 1.807) is 0 Å². The number of fused-ring (bicyclic) bond motifs is 1. The van der Waals surface area contributed by atoms with Gasteiger partial charge in [0.05, 0.1) is 6.61 Å². The second-order valence-corrected chi connectivity index (χ2v) is 5.63. The van der Waals surface area contributed by atoms with E-state index < -0.39 is 0 Å². The van der Waals surface area contributed by atoms with E-state index >= 15 is 0 Å². The Hall–Kier alpha value is -1.85. The van der Waals surface area contributed by atoms with Crippen molar-refractivity contribution >= 4 is 16.8 Å². The summed E-state index contributed by atoms with van der Waals surface area (Å²) in [5.74, 6) is 0.0625. The molecule has 5 nitrogen and oxygen atoms in total. The Kier molecular flexibility index (Phi) is 3.94. The standard InChI is InChI=1S/C16H21N3O2/c1-12-2-3-13-11-15(17-14(13)10-12)16(21)19-6-4-18(5-7-19)8-9-20/h2-3,10-11,17,20H,4-9H2,1H3. The van der Waals surface area contributed by atoms with E-state index in [0.29, 0.717) is 25.3 Å². The van der Waals surface area contributed by atoms with E-state index in [4.69, 9.17) is 5.11 Å². The summed E-state index contributed by atoms with van der Waals surface area (Å²) >= 11 is 0. The first-order chi connectivity index (χ1) is 10.2. The second kappa shape index (κ2) is 5.87. The predicted molar refractivity (Wildman–Crippen MR) is 82.5 cm³/mol. The SMILES string of the molecule is Cc1ccc2cc(C(=O)N3CCN(CCO)CC3)[nH]c2c1. The Labute approximate surface area is 124 Å². The lowest BCUT2D eigenvalue weighted by Gasteiger charge is -2.34. The molecule has 0 saturated carbocycles. The zero-order valence-electron chi connectivity index (χ0n) is 12.3. The number of aryl methyl sites for hydroxylation is 1. The van der Waals surface area contributed by atoms with E-state index in [-0.39, 0.29) is 12.5 Å². The van der Waals surface area contributed by atoms with Crippen molar-refractivity contribution in [3.05, 3.63) is 35.5 Å². The molecule has 5 heteroatoms. The van der Waals surface area contributed by atoms with Gasteiger partial charge in [-0.25, -0.2) is 0 Å². The molecule has 1 aromatic carbocycles. The van der Waals surface area contributed by atoms with Crippen molar-refractivity contribution in [2.75, 3.05) is 39.3 Å². The number of hydrogen-bond acceptors (Lipinski definition) is 3. The Morgan fingerprint density at radius 2 is 2.00 bits per heavy atom. The first kappa shape index (κ1) is 14.1. The number of carbonyl (C=O) groups is 1. The molecule has 0 radical (unpaired) electrons. The number of aliphatic hydroxyl groups excluding tert-OH is 1. The number of nitrogens with zero attached hydrogens (tertiary/aromatic N) is 2. The molecule has 0 spiro atoms. The number of benzene rings is 1. The van der Waals surface area contributed by atoms with Gasteiger partial charge in [-0.2, -0.15) is 0 Å². The van der Waals surface area contributed by atoms with Gasteiger partial charge in [0, 0.05) is 43.6 Å². The number of β-amino-alcohol motifs (C(OH)–C–C–N with tert-alkyl or cyclic N) is 1. The third-order valence-corrected chi connectivity index (χ3v) is 4.08. The van der Waals surface area contributed by atoms with Crippen LogP contribution < -0.4 is 0 Å². The monoisotopic (exact) mass is 287 g/mol. The number of nitrogens with one attached hydrogen (secondary N) is 1. The van der Waals surface area contributed by atoms with Crippen LogP contribution in [0.15, 0.2) is 24.3 Å². The van der Waals surface area contributed by atoms with E-state index in [1.807, 2.05) is 24.0 Å². The van der Waals surface area contributed by atoms with E-state index in [0.717, 1.165) is 24.0 Å². The summed E-state index contributed by atoms with van der Waals surface area (Å²) < 4.78 is 0. The largest absolute Gasteiger partial charge is 0.395 e. The van der Waals surface area contributed by atoms with Gasteiger partial charge in [0.2, 0.25) is 0 Å². The number of amides is 1. The summed E-state index contributed by atoms with van der Waals surface area (Å²) in [6, 6.07) is 8.08. The summed E-state index contributed by atoms with van der Waals surface area (Å²) in [4.78, 5) is 19.8. The topological polar surface area (TPSA) is 59.6 Å². The summed E-state index contributed by atoms with van der Waals surface area (Å²) in [6.45, 7) is 5.99. The van der Waals surface area contributed by atoms with Crippen LogP contribution in [0.2, 0.25) is 0 Å². The van der Waals surface area contributed by atoms with Crippen LogP contribution in [0.3, 0.4) is 0 Å². The smallest absolute Gasteiger partial charge is 0.270 e. The highest BCUT2D eigenvalue weighted by atomic mass is 16.3. The maximum absolute atomic E-state index is 12.5. The molecule has 112 valence electrons. The Bertz CT molecular complexity index is 642. The summed E-state index contributed by atoms with van der Waals surface area (Å²) in [5.41, 5.74) is 2.85. The lowest BCUT2D eigenvalue weighted by atomic mass is 10.2. The molecule has 21 heavy (non-hydrogen) atoms. The van der Waals surface area contributed by atoms with Crippen molar-refractivity contribution in [3.8, 4) is 0 Å². The molecule has 1 aliphatic heterocycles. The number of aromatic nitrogens is 1. The number of carbonyl (C=O) groups excluding carboxylic acids is 1. The van der Waals surface area contributed by atoms with Crippen LogP contribution in [0.4, 0.5) is 0 Å². The third kappa shape index (κ3) is 2.94. The molecule has 1 aliphatic rings. The molecule has 0 unspecified atom stereocenters. The number of H-pyrrole nitrogens is 1. The molecule has 2 aromatic rings. The average Bonchev–Trinajstić information content (AvgIpc) is 2.90. The molecule has 1 fully saturated rings. The molecular weight excluding hydrogens is 266 g/mol. The zero-order valence-corrected chi connectivity index (χ0v) is 12.3. The van der Waals surface area contributed by atoms with E-state index in [1.165, 1.54) is 5.56 Å². The Balaban J connectivity index is 1.72. The highest BCUT2D eigenvalue weighted by molar-refractivity contribution is 5.98. The summed E-state index contributed by atoms with van der Waals surface area (Å²) in [7, 11) is 0. The molecule has 1 saturated heterocycles. The molecule has 0 aliphatic carbocycles. The van der Waals surface area contributed by atoms with Crippen molar-refractivity contribution in [3.63, 3.8) is 0 Å². The lowest BCUT2D eigenvalue weighted by Crippen LogP contribution is -2.49. The number of piperazine rings is 1. The average molecular weight is 287 g/mol. The van der Waals surface area contributed by atoms with Crippen molar-refractivity contribution in [1.82, 2.24) is 14.8 Å². The van der Waals surface area contributed by atoms with Gasteiger partial charge in [-0.1, -0.05) is 12.1 Å². The molecule has 0 bridgehead atoms. The maximum Gasteiger partial charge on any atom is 0.270 e. The van der Waals surface area contributed by atoms with Crippen LogP contribution in [0.1, 0.15) is 16.1 Å². The first-order valence-electron chi connectivity index (χ1n) is 7.39. The minimum atomic E-state index is 0.0625. The van der Waals surface area contributed by atoms with E-state index in [2.05, 4.69) is 22.0 Å². The Morgan fingerprint density at radius 3 is 2.71 bits per heavy atom. The van der Waals surface area contributed by atoms with Crippen LogP contribution >= 0.6 is 0 Å². The minimum Gasteiger partial charge on any atom is -0.395 e. The number of aromatic amines is 1. The van der Waals surface area contributed by atoms with Crippen LogP contribution in [-0.2, 0) is 0 Å². The third-order valence-electron chi connectivity index (χ3n) is 4.08. The van der Waals surface area contributed by atoms with Gasteiger partial charge in [-0.05, 0) is 24.6 Å². The van der Waals surface area contributed by atoms with Crippen LogP contribution in [0.5, 0.6) is 0 Å². The van der Waals surface area contributed by atoms with Crippen LogP contribution in [-0.4, -0.2) is 65.1 Å². The molecular formula is C16H21N3O2. The molecule has 2 N–H and O–H groups in total. The van der Waals surface area contributed by atoms with Crippen molar-refractivity contribution in [2.45, 2.75) is 6.92 Å². The second-order valence-electron chi connectivity index (χ2n) is 5.63. The number of aliphatic hydroxyl groups is 1. The number of rotatable bonds is 3. The van der Waals surface area contributed by atoms with Gasteiger partial charge in [-0.15, -0.1) is 0 Å². The Morgan fingerprint density at radius 1 is 1.24 bits per heavy atom. The van der Waals surface area contributed by atoms with Gasteiger partial charge in [-0.3, -0.25) is 9.69 Å². The lowest BCUT2D eigenvalue weighted by molar-refractivity contribution is 0.0610. The van der Waals surface area contributed by atoms with Gasteiger partial charge >= 0.3 is 0 Å². The number of hydrogen-bond donors (Lipinski definition) is 2. The molecule has 1 amide bonds. The van der Waals surface area contributed by atoms with E-state index in [9.17, 15) is 4.79 Å². The molecule has 0 atom stereocenters. The van der Waals surface area contributed by atoms with Crippen molar-refractivity contribution in [1.29, 1.82) is 0 Å². The van der Waals surface area contributed by atoms with Gasteiger partial charge in [0.25, 0.3) is 5.91 Å². The highest BCUT2D eigenvalue weighted by Crippen LogP contribution is 2.18. The highest BCUT2D eigenvalue weighted by Gasteiger charge is 2.22. The first-order valence-corrected chi connectivity index (χ1v) is 7.39. The van der Waals surface area contributed by atoms with Gasteiger partial charge < -0.3 is 15.0 Å². The van der Waals surface area contributed by atoms with Crippen LogP contribution in [0.25, 0.3) is 10.9 Å². The fourth-order valence-corrected chi connectivity index (χ4v) is 2.84. The predicted octanol–water partition coefficient (Wildman–Crippen LogP) is 1.23. The molecule has 3 rings (SSSR count). The summed E-state index contributed by atoms with van der Waals surface area (Å²) in [6.07, 6.45) is 0. The fraction of sp³-hybridized carbons (Fsp3) is 0.438. The van der Waals surface area contributed by atoms with Crippen molar-refractivity contribution < 1.29 is 9.90 Å². The van der Waals surface area contributed by atoms with Crippen molar-refractivity contribution in [2.24, 2.45) is 0 Å². The zero-order chi connectivity index (χ0) is 14.8. The normalized spacial score (nSPS) is 16.6. The maximum atomic E-state index is 12.5.